The zero-order chi connectivity index (χ0) is 19.8. The zero-order valence-corrected chi connectivity index (χ0v) is 15.9. The second-order valence-corrected chi connectivity index (χ2v) is 6.51. The Balaban J connectivity index is 2.36. The summed E-state index contributed by atoms with van der Waals surface area (Å²) in [4.78, 5) is 12.3. The third-order valence-corrected chi connectivity index (χ3v) is 4.65. The number of nitrogens with zero attached hydrogens (tertiary/aromatic N) is 1. The highest BCUT2D eigenvalue weighted by Crippen LogP contribution is 2.36. The van der Waals surface area contributed by atoms with Gasteiger partial charge >= 0.3 is 0 Å². The van der Waals surface area contributed by atoms with Crippen LogP contribution >= 0.6 is 11.8 Å². The number of carbonyl (C=O) groups is 1. The molecule has 0 unspecified atom stereocenters. The molecule has 0 aliphatic carbocycles. The highest BCUT2D eigenvalue weighted by Gasteiger charge is 2.13. The van der Waals surface area contributed by atoms with Crippen molar-refractivity contribution in [3.05, 3.63) is 53.1 Å². The molecule has 0 saturated carbocycles. The lowest BCUT2D eigenvalue weighted by molar-refractivity contribution is -0.114. The predicted molar refractivity (Wildman–Crippen MR) is 105 cm³/mol. The standard InChI is InChI=1S/C20H20N2O4S/c1-3-26-18-9-13(7-14(11-21)20(22)24)8-15(19(18)23)12-27-17-6-4-5-16(10-17)25-2/h4-10,23H,3,12H2,1-2H3,(H2,22,24)/b14-7+. The molecule has 0 aliphatic heterocycles. The summed E-state index contributed by atoms with van der Waals surface area (Å²) in [7, 11) is 1.60. The van der Waals surface area contributed by atoms with Crippen LogP contribution in [-0.2, 0) is 10.5 Å². The Labute approximate surface area is 162 Å². The van der Waals surface area contributed by atoms with Crippen molar-refractivity contribution in [2.75, 3.05) is 13.7 Å². The zero-order valence-electron chi connectivity index (χ0n) is 15.1. The van der Waals surface area contributed by atoms with Crippen LogP contribution in [0.5, 0.6) is 17.2 Å². The number of hydrogen-bond donors (Lipinski definition) is 2. The number of amides is 1. The number of nitrogens with two attached hydrogens (primary N) is 1. The summed E-state index contributed by atoms with van der Waals surface area (Å²) in [5.74, 6) is 0.710. The fraction of sp³-hybridized carbons (Fsp3) is 0.200. The van der Waals surface area contributed by atoms with Crippen LogP contribution in [0.1, 0.15) is 18.1 Å². The van der Waals surface area contributed by atoms with E-state index >= 15 is 0 Å². The number of carbonyl (C=O) groups excluding carboxylic acids is 1. The molecule has 6 nitrogen and oxygen atoms in total. The van der Waals surface area contributed by atoms with Gasteiger partial charge in [-0.15, -0.1) is 11.8 Å². The first-order chi connectivity index (χ1) is 13.0. The first-order valence-electron chi connectivity index (χ1n) is 8.15. The normalized spacial score (nSPS) is 10.9. The van der Waals surface area contributed by atoms with Gasteiger partial charge in [-0.05, 0) is 48.9 Å². The SMILES string of the molecule is CCOc1cc(/C=C(\C#N)C(N)=O)cc(CSc2cccc(OC)c2)c1O. The molecule has 0 aromatic heterocycles. The number of thioether (sulfide) groups is 1. The van der Waals surface area contributed by atoms with Gasteiger partial charge in [-0.1, -0.05) is 6.07 Å². The molecule has 0 spiro atoms. The largest absolute Gasteiger partial charge is 0.504 e. The van der Waals surface area contributed by atoms with Crippen LogP contribution in [0.25, 0.3) is 6.08 Å². The third-order valence-electron chi connectivity index (χ3n) is 3.61. The monoisotopic (exact) mass is 384 g/mol. The van der Waals surface area contributed by atoms with Crippen LogP contribution in [0.4, 0.5) is 0 Å². The quantitative estimate of drug-likeness (QED) is 0.410. The predicted octanol–water partition coefficient (Wildman–Crippen LogP) is 3.48. The number of methoxy groups -OCH3 is 1. The van der Waals surface area contributed by atoms with Crippen molar-refractivity contribution < 1.29 is 19.4 Å². The molecule has 0 fully saturated rings. The number of nitriles is 1. The topological polar surface area (TPSA) is 106 Å². The number of primary amides is 1. The van der Waals surface area contributed by atoms with Crippen molar-refractivity contribution >= 4 is 23.7 Å². The van der Waals surface area contributed by atoms with E-state index in [-0.39, 0.29) is 17.1 Å². The highest BCUT2D eigenvalue weighted by atomic mass is 32.2. The fourth-order valence-corrected chi connectivity index (χ4v) is 3.24. The van der Waals surface area contributed by atoms with Crippen molar-refractivity contribution in [2.45, 2.75) is 17.6 Å². The minimum absolute atomic E-state index is 0.0296. The maximum atomic E-state index is 11.3. The van der Waals surface area contributed by atoms with Gasteiger partial charge in [-0.2, -0.15) is 5.26 Å². The molecule has 2 aromatic carbocycles. The van der Waals surface area contributed by atoms with Crippen LogP contribution in [0.2, 0.25) is 0 Å². The van der Waals surface area contributed by atoms with Gasteiger partial charge in [0.25, 0.3) is 5.91 Å². The number of phenolic OH excluding ortho intramolecular Hbond substituents is 1. The molecule has 0 radical (unpaired) electrons. The van der Waals surface area contributed by atoms with Crippen LogP contribution in [0, 0.1) is 11.3 Å². The molecule has 2 aromatic rings. The van der Waals surface area contributed by atoms with Gasteiger partial charge in [0.05, 0.1) is 13.7 Å². The maximum Gasteiger partial charge on any atom is 0.259 e. The lowest BCUT2D eigenvalue weighted by Crippen LogP contribution is -2.12. The minimum atomic E-state index is -0.809. The van der Waals surface area contributed by atoms with Crippen molar-refractivity contribution in [3.8, 4) is 23.3 Å². The highest BCUT2D eigenvalue weighted by molar-refractivity contribution is 7.98. The maximum absolute atomic E-state index is 11.3. The summed E-state index contributed by atoms with van der Waals surface area (Å²) >= 11 is 1.51. The average molecular weight is 384 g/mol. The van der Waals surface area contributed by atoms with Gasteiger partial charge < -0.3 is 20.3 Å². The Kier molecular flexibility index (Phi) is 7.15. The molecule has 27 heavy (non-hydrogen) atoms. The van der Waals surface area contributed by atoms with Crippen molar-refractivity contribution in [1.29, 1.82) is 5.26 Å². The first-order valence-corrected chi connectivity index (χ1v) is 9.14. The summed E-state index contributed by atoms with van der Waals surface area (Å²) in [6.07, 6.45) is 1.38. The summed E-state index contributed by atoms with van der Waals surface area (Å²) in [5.41, 5.74) is 6.19. The Morgan fingerprint density at radius 1 is 1.37 bits per heavy atom. The molecule has 0 bridgehead atoms. The molecule has 0 atom stereocenters. The molecular formula is C20H20N2O4S. The number of phenols is 1. The lowest BCUT2D eigenvalue weighted by atomic mass is 10.1. The Morgan fingerprint density at radius 3 is 2.78 bits per heavy atom. The molecule has 2 rings (SSSR count). The Hall–Kier alpha value is -3.11. The van der Waals surface area contributed by atoms with Crippen LogP contribution in [0.3, 0.4) is 0 Å². The van der Waals surface area contributed by atoms with Crippen molar-refractivity contribution in [1.82, 2.24) is 0 Å². The summed E-state index contributed by atoms with van der Waals surface area (Å²) in [6.45, 7) is 2.17. The van der Waals surface area contributed by atoms with E-state index < -0.39 is 5.91 Å². The van der Waals surface area contributed by atoms with E-state index in [1.165, 1.54) is 17.8 Å². The fourth-order valence-electron chi connectivity index (χ4n) is 2.33. The van der Waals surface area contributed by atoms with E-state index in [1.54, 1.807) is 32.2 Å². The second kappa shape index (κ2) is 9.55. The average Bonchev–Trinajstić information content (AvgIpc) is 2.67. The Morgan fingerprint density at radius 2 is 2.15 bits per heavy atom. The summed E-state index contributed by atoms with van der Waals surface area (Å²) in [5, 5.41) is 19.5. The molecular weight excluding hydrogens is 364 g/mol. The van der Waals surface area contributed by atoms with Gasteiger partial charge in [-0.25, -0.2) is 0 Å². The number of ether oxygens (including phenoxy) is 2. The van der Waals surface area contributed by atoms with E-state index in [1.807, 2.05) is 24.3 Å². The molecule has 3 N–H and O–H groups in total. The lowest BCUT2D eigenvalue weighted by Gasteiger charge is -2.12. The molecule has 0 heterocycles. The van der Waals surface area contributed by atoms with Gasteiger partial charge in [0.15, 0.2) is 11.5 Å². The van der Waals surface area contributed by atoms with Gasteiger partial charge in [-0.3, -0.25) is 4.79 Å². The van der Waals surface area contributed by atoms with Crippen LogP contribution in [-0.4, -0.2) is 24.7 Å². The van der Waals surface area contributed by atoms with E-state index in [0.29, 0.717) is 23.5 Å². The van der Waals surface area contributed by atoms with Gasteiger partial charge in [0.2, 0.25) is 0 Å². The molecule has 140 valence electrons. The number of hydrogen-bond acceptors (Lipinski definition) is 6. The summed E-state index contributed by atoms with van der Waals surface area (Å²) < 4.78 is 10.7. The van der Waals surface area contributed by atoms with E-state index in [2.05, 4.69) is 0 Å². The van der Waals surface area contributed by atoms with E-state index in [4.69, 9.17) is 20.5 Å². The van der Waals surface area contributed by atoms with Crippen LogP contribution < -0.4 is 15.2 Å². The minimum Gasteiger partial charge on any atom is -0.504 e. The molecule has 1 amide bonds. The number of rotatable bonds is 8. The van der Waals surface area contributed by atoms with E-state index in [9.17, 15) is 9.90 Å². The molecule has 0 aliphatic rings. The van der Waals surface area contributed by atoms with Gasteiger partial charge in [0, 0.05) is 16.2 Å². The van der Waals surface area contributed by atoms with Crippen molar-refractivity contribution in [3.63, 3.8) is 0 Å². The smallest absolute Gasteiger partial charge is 0.259 e. The Bertz CT molecular complexity index is 903. The second-order valence-electron chi connectivity index (χ2n) is 5.46. The third kappa shape index (κ3) is 5.43. The van der Waals surface area contributed by atoms with E-state index in [0.717, 1.165) is 10.6 Å². The molecule has 7 heteroatoms. The summed E-state index contributed by atoms with van der Waals surface area (Å²) in [6, 6.07) is 12.6. The van der Waals surface area contributed by atoms with Gasteiger partial charge in [0.1, 0.15) is 17.4 Å². The number of benzene rings is 2. The van der Waals surface area contributed by atoms with Crippen LogP contribution in [0.15, 0.2) is 46.9 Å². The number of aromatic hydroxyl groups is 1. The molecule has 0 saturated heterocycles. The van der Waals surface area contributed by atoms with Crippen molar-refractivity contribution in [2.24, 2.45) is 5.73 Å². The first kappa shape index (κ1) is 20.2.